The Labute approximate surface area is 112 Å². The Hall–Kier alpha value is -1.26. The molecule has 3 rings (SSSR count). The minimum absolute atomic E-state index is 0.381. The van der Waals surface area contributed by atoms with Gasteiger partial charge in [0.05, 0.1) is 17.3 Å². The lowest BCUT2D eigenvalue weighted by Crippen LogP contribution is -2.28. The van der Waals surface area contributed by atoms with Crippen molar-refractivity contribution in [3.05, 3.63) is 48.3 Å². The summed E-state index contributed by atoms with van der Waals surface area (Å²) in [6.07, 6.45) is 5.34. The van der Waals surface area contributed by atoms with Crippen molar-refractivity contribution in [1.29, 1.82) is 0 Å². The number of hydrogen-bond acceptors (Lipinski definition) is 3. The van der Waals surface area contributed by atoms with Crippen LogP contribution in [0.5, 0.6) is 0 Å². The summed E-state index contributed by atoms with van der Waals surface area (Å²) in [6, 6.07) is 10.2. The van der Waals surface area contributed by atoms with Crippen molar-refractivity contribution in [1.82, 2.24) is 15.1 Å². The molecule has 1 aromatic heterocycles. The molecule has 1 saturated heterocycles. The third kappa shape index (κ3) is 2.44. The summed E-state index contributed by atoms with van der Waals surface area (Å²) in [6.45, 7) is 3.38. The number of para-hydroxylation sites is 1. The van der Waals surface area contributed by atoms with Crippen LogP contribution in [0.1, 0.15) is 24.3 Å². The molecule has 1 aromatic carbocycles. The van der Waals surface area contributed by atoms with Crippen molar-refractivity contribution in [2.24, 2.45) is 0 Å². The average molecular weight is 259 g/mol. The second-order valence-electron chi connectivity index (χ2n) is 4.62. The van der Waals surface area contributed by atoms with Crippen LogP contribution in [0, 0.1) is 0 Å². The minimum Gasteiger partial charge on any atom is -0.301 e. The molecule has 0 bridgehead atoms. The van der Waals surface area contributed by atoms with Crippen LogP contribution in [-0.2, 0) is 0 Å². The van der Waals surface area contributed by atoms with Crippen LogP contribution in [0.25, 0.3) is 5.69 Å². The van der Waals surface area contributed by atoms with Gasteiger partial charge in [-0.3, -0.25) is 0 Å². The fraction of sp³-hybridized carbons (Fsp3) is 0.357. The summed E-state index contributed by atoms with van der Waals surface area (Å²) in [5.74, 6) is 0. The lowest BCUT2D eigenvalue weighted by atomic mass is 10.3. The largest absolute Gasteiger partial charge is 0.301 e. The Kier molecular flexibility index (Phi) is 3.39. The third-order valence-electron chi connectivity index (χ3n) is 3.18. The van der Waals surface area contributed by atoms with Crippen LogP contribution >= 0.6 is 11.8 Å². The highest BCUT2D eigenvalue weighted by molar-refractivity contribution is 8.00. The van der Waals surface area contributed by atoms with Crippen molar-refractivity contribution >= 4 is 11.8 Å². The Bertz CT molecular complexity index is 509. The third-order valence-corrected chi connectivity index (χ3v) is 4.59. The molecule has 0 amide bonds. The number of benzene rings is 1. The predicted molar refractivity (Wildman–Crippen MR) is 76.0 cm³/mol. The van der Waals surface area contributed by atoms with Gasteiger partial charge >= 0.3 is 0 Å². The van der Waals surface area contributed by atoms with Crippen LogP contribution in [0.3, 0.4) is 0 Å². The standard InChI is InChI=1S/C14H17N3S/c1-11-7-8-15-14(18-11)12-9-16-17(10-12)13-5-3-2-4-6-13/h2-6,9-11,14-15H,7-8H2,1H3. The van der Waals surface area contributed by atoms with Crippen LogP contribution in [-0.4, -0.2) is 21.6 Å². The first-order chi connectivity index (χ1) is 8.83. The Morgan fingerprint density at radius 3 is 2.94 bits per heavy atom. The zero-order chi connectivity index (χ0) is 12.4. The smallest absolute Gasteiger partial charge is 0.0822 e. The molecule has 18 heavy (non-hydrogen) atoms. The molecule has 1 N–H and O–H groups in total. The molecule has 2 unspecified atom stereocenters. The van der Waals surface area contributed by atoms with E-state index in [9.17, 15) is 0 Å². The molecule has 3 nitrogen and oxygen atoms in total. The SMILES string of the molecule is CC1CCNC(c2cnn(-c3ccccc3)c2)S1. The van der Waals surface area contributed by atoms with Crippen molar-refractivity contribution < 1.29 is 0 Å². The van der Waals surface area contributed by atoms with Gasteiger partial charge in [-0.15, -0.1) is 11.8 Å². The van der Waals surface area contributed by atoms with Crippen LogP contribution in [0.2, 0.25) is 0 Å². The highest BCUT2D eigenvalue weighted by Gasteiger charge is 2.21. The molecule has 0 aliphatic carbocycles. The van der Waals surface area contributed by atoms with Gasteiger partial charge in [-0.05, 0) is 25.1 Å². The number of thioether (sulfide) groups is 1. The van der Waals surface area contributed by atoms with Crippen molar-refractivity contribution in [2.75, 3.05) is 6.54 Å². The first-order valence-corrected chi connectivity index (χ1v) is 7.26. The number of rotatable bonds is 2. The zero-order valence-electron chi connectivity index (χ0n) is 10.4. The molecular weight excluding hydrogens is 242 g/mol. The summed E-state index contributed by atoms with van der Waals surface area (Å²) < 4.78 is 1.94. The molecule has 2 aromatic rings. The van der Waals surface area contributed by atoms with E-state index in [1.807, 2.05) is 40.8 Å². The molecule has 2 atom stereocenters. The van der Waals surface area contributed by atoms with Gasteiger partial charge in [-0.25, -0.2) is 4.68 Å². The molecular formula is C14H17N3S. The van der Waals surface area contributed by atoms with Crippen molar-refractivity contribution in [3.8, 4) is 5.69 Å². The number of aromatic nitrogens is 2. The molecule has 1 aliphatic rings. The first kappa shape index (κ1) is 11.8. The minimum atomic E-state index is 0.381. The Balaban J connectivity index is 1.81. The van der Waals surface area contributed by atoms with Crippen LogP contribution in [0.15, 0.2) is 42.7 Å². The van der Waals surface area contributed by atoms with Gasteiger partial charge < -0.3 is 5.32 Å². The summed E-state index contributed by atoms with van der Waals surface area (Å²) in [7, 11) is 0. The number of nitrogens with one attached hydrogen (secondary N) is 1. The van der Waals surface area contributed by atoms with Gasteiger partial charge in [-0.2, -0.15) is 5.10 Å². The van der Waals surface area contributed by atoms with E-state index in [0.29, 0.717) is 5.37 Å². The monoisotopic (exact) mass is 259 g/mol. The lowest BCUT2D eigenvalue weighted by Gasteiger charge is -2.26. The maximum atomic E-state index is 4.45. The number of hydrogen-bond donors (Lipinski definition) is 1. The maximum Gasteiger partial charge on any atom is 0.0822 e. The Morgan fingerprint density at radius 2 is 2.17 bits per heavy atom. The summed E-state index contributed by atoms with van der Waals surface area (Å²) in [5, 5.41) is 9.09. The molecule has 1 fully saturated rings. The molecule has 4 heteroatoms. The van der Waals surface area contributed by atoms with Gasteiger partial charge in [0.25, 0.3) is 0 Å². The summed E-state index contributed by atoms with van der Waals surface area (Å²) in [5.41, 5.74) is 2.37. The highest BCUT2D eigenvalue weighted by Crippen LogP contribution is 2.34. The Morgan fingerprint density at radius 1 is 1.33 bits per heavy atom. The van der Waals surface area contributed by atoms with E-state index in [-0.39, 0.29) is 0 Å². The van der Waals surface area contributed by atoms with Gasteiger partial charge in [0.2, 0.25) is 0 Å². The van der Waals surface area contributed by atoms with E-state index < -0.39 is 0 Å². The second-order valence-corrected chi connectivity index (χ2v) is 6.17. The fourth-order valence-electron chi connectivity index (χ4n) is 2.16. The van der Waals surface area contributed by atoms with Crippen LogP contribution < -0.4 is 5.32 Å². The highest BCUT2D eigenvalue weighted by atomic mass is 32.2. The van der Waals surface area contributed by atoms with E-state index in [4.69, 9.17) is 0 Å². The maximum absolute atomic E-state index is 4.45. The van der Waals surface area contributed by atoms with E-state index in [0.717, 1.165) is 17.5 Å². The van der Waals surface area contributed by atoms with Crippen molar-refractivity contribution in [2.45, 2.75) is 24.0 Å². The van der Waals surface area contributed by atoms with Crippen LogP contribution in [0.4, 0.5) is 0 Å². The fourth-order valence-corrected chi connectivity index (χ4v) is 3.37. The van der Waals surface area contributed by atoms with E-state index >= 15 is 0 Å². The quantitative estimate of drug-likeness (QED) is 0.899. The van der Waals surface area contributed by atoms with Gasteiger partial charge in [0, 0.05) is 17.0 Å². The van der Waals surface area contributed by atoms with E-state index in [2.05, 4.69) is 35.7 Å². The van der Waals surface area contributed by atoms with Gasteiger partial charge in [0.1, 0.15) is 0 Å². The predicted octanol–water partition coefficient (Wildman–Crippen LogP) is 2.99. The first-order valence-electron chi connectivity index (χ1n) is 6.32. The molecule has 1 aliphatic heterocycles. The van der Waals surface area contributed by atoms with Gasteiger partial charge in [0.15, 0.2) is 0 Å². The molecule has 2 heterocycles. The van der Waals surface area contributed by atoms with E-state index in [1.165, 1.54) is 12.0 Å². The average Bonchev–Trinajstić information content (AvgIpc) is 2.89. The zero-order valence-corrected chi connectivity index (χ0v) is 11.2. The number of nitrogens with zero attached hydrogens (tertiary/aromatic N) is 2. The molecule has 0 spiro atoms. The topological polar surface area (TPSA) is 29.9 Å². The van der Waals surface area contributed by atoms with E-state index in [1.54, 1.807) is 0 Å². The second kappa shape index (κ2) is 5.16. The molecule has 94 valence electrons. The summed E-state index contributed by atoms with van der Waals surface area (Å²) >= 11 is 1.98. The molecule has 0 saturated carbocycles. The normalized spacial score (nSPS) is 24.1. The molecule has 0 radical (unpaired) electrons. The summed E-state index contributed by atoms with van der Waals surface area (Å²) in [4.78, 5) is 0. The van der Waals surface area contributed by atoms with Gasteiger partial charge in [-0.1, -0.05) is 25.1 Å². The van der Waals surface area contributed by atoms with Crippen molar-refractivity contribution in [3.63, 3.8) is 0 Å². The lowest BCUT2D eigenvalue weighted by molar-refractivity contribution is 0.605.